The van der Waals surface area contributed by atoms with Gasteiger partial charge in [-0.1, -0.05) is 42.5 Å². The Kier molecular flexibility index (Phi) is 10.3. The van der Waals surface area contributed by atoms with Crippen molar-refractivity contribution in [2.45, 2.75) is 38.8 Å². The van der Waals surface area contributed by atoms with Crippen LogP contribution < -0.4 is 14.8 Å². The summed E-state index contributed by atoms with van der Waals surface area (Å²) in [6.45, 7) is 2.86. The molecule has 0 unspecified atom stereocenters. The van der Waals surface area contributed by atoms with Crippen molar-refractivity contribution < 1.29 is 23.5 Å². The Bertz CT molecular complexity index is 1090. The maximum Gasteiger partial charge on any atom is 0.243 e. The average molecular weight is 493 g/mol. The molecule has 0 saturated carbocycles. The first-order valence-corrected chi connectivity index (χ1v) is 12.1. The Balaban J connectivity index is 1.73. The smallest absolute Gasteiger partial charge is 0.243 e. The van der Waals surface area contributed by atoms with E-state index in [9.17, 15) is 14.0 Å². The second-order valence-corrected chi connectivity index (χ2v) is 8.38. The second kappa shape index (κ2) is 13.9. The highest BCUT2D eigenvalue weighted by Crippen LogP contribution is 2.19. The number of likely N-dealkylation sites (N-methyl/N-ethyl adjacent to an activating group) is 1. The van der Waals surface area contributed by atoms with Crippen molar-refractivity contribution in [2.24, 2.45) is 0 Å². The molecular weight excluding hydrogens is 459 g/mol. The van der Waals surface area contributed by atoms with E-state index in [2.05, 4.69) is 5.32 Å². The molecule has 0 fully saturated rings. The molecule has 2 amide bonds. The quantitative estimate of drug-likeness (QED) is 0.349. The topological polar surface area (TPSA) is 67.9 Å². The Morgan fingerprint density at radius 1 is 0.917 bits per heavy atom. The van der Waals surface area contributed by atoms with Gasteiger partial charge in [0.2, 0.25) is 11.8 Å². The van der Waals surface area contributed by atoms with Crippen LogP contribution in [0.25, 0.3) is 0 Å². The SMILES string of the molecule is CCNC(=O)[C@H](Cc1ccccc1)N(Cc1ccc(F)cc1)C(=O)CCCOc1ccc(OC)cc1. The minimum atomic E-state index is -0.701. The molecule has 0 aliphatic rings. The van der Waals surface area contributed by atoms with E-state index in [4.69, 9.17) is 9.47 Å². The number of hydrogen-bond donors (Lipinski definition) is 1. The molecule has 0 aromatic heterocycles. The zero-order valence-electron chi connectivity index (χ0n) is 20.8. The van der Waals surface area contributed by atoms with Crippen molar-refractivity contribution in [3.05, 3.63) is 95.8 Å². The summed E-state index contributed by atoms with van der Waals surface area (Å²) in [5.74, 6) is 0.701. The summed E-state index contributed by atoms with van der Waals surface area (Å²) in [7, 11) is 1.60. The molecule has 0 aliphatic heterocycles. The van der Waals surface area contributed by atoms with Crippen molar-refractivity contribution in [1.82, 2.24) is 10.2 Å². The summed E-state index contributed by atoms with van der Waals surface area (Å²) in [4.78, 5) is 28.2. The fourth-order valence-corrected chi connectivity index (χ4v) is 3.86. The van der Waals surface area contributed by atoms with Gasteiger partial charge < -0.3 is 19.7 Å². The summed E-state index contributed by atoms with van der Waals surface area (Å²) in [6, 6.07) is 22.2. The van der Waals surface area contributed by atoms with Crippen LogP contribution in [0.15, 0.2) is 78.9 Å². The van der Waals surface area contributed by atoms with Crippen molar-refractivity contribution in [2.75, 3.05) is 20.3 Å². The predicted molar refractivity (Wildman–Crippen MR) is 137 cm³/mol. The third-order valence-corrected chi connectivity index (χ3v) is 5.75. The summed E-state index contributed by atoms with van der Waals surface area (Å²) < 4.78 is 24.4. The molecule has 6 nitrogen and oxygen atoms in total. The molecule has 0 heterocycles. The zero-order valence-corrected chi connectivity index (χ0v) is 20.8. The van der Waals surface area contributed by atoms with Crippen LogP contribution in [-0.2, 0) is 22.6 Å². The number of ether oxygens (including phenoxy) is 2. The average Bonchev–Trinajstić information content (AvgIpc) is 2.90. The van der Waals surface area contributed by atoms with Crippen LogP contribution in [0.3, 0.4) is 0 Å². The van der Waals surface area contributed by atoms with E-state index in [0.29, 0.717) is 31.7 Å². The Morgan fingerprint density at radius 2 is 1.58 bits per heavy atom. The van der Waals surface area contributed by atoms with Crippen LogP contribution in [0.2, 0.25) is 0 Å². The van der Waals surface area contributed by atoms with Gasteiger partial charge in [0.1, 0.15) is 23.4 Å². The van der Waals surface area contributed by atoms with Gasteiger partial charge in [0.25, 0.3) is 0 Å². The number of hydrogen-bond acceptors (Lipinski definition) is 4. The van der Waals surface area contributed by atoms with E-state index in [-0.39, 0.29) is 30.6 Å². The number of benzene rings is 3. The Morgan fingerprint density at radius 3 is 2.22 bits per heavy atom. The molecule has 0 radical (unpaired) electrons. The first kappa shape index (κ1) is 26.7. The predicted octanol–water partition coefficient (Wildman–Crippen LogP) is 4.77. The van der Waals surface area contributed by atoms with Gasteiger partial charge in [0.05, 0.1) is 13.7 Å². The number of methoxy groups -OCH3 is 1. The minimum absolute atomic E-state index is 0.162. The summed E-state index contributed by atoms with van der Waals surface area (Å²) in [6.07, 6.45) is 1.07. The van der Waals surface area contributed by atoms with Gasteiger partial charge in [-0.3, -0.25) is 9.59 Å². The number of rotatable bonds is 13. The third-order valence-electron chi connectivity index (χ3n) is 5.75. The highest BCUT2D eigenvalue weighted by Gasteiger charge is 2.29. The van der Waals surface area contributed by atoms with Crippen LogP contribution in [0.5, 0.6) is 11.5 Å². The molecule has 0 saturated heterocycles. The highest BCUT2D eigenvalue weighted by atomic mass is 19.1. The maximum absolute atomic E-state index is 13.5. The van der Waals surface area contributed by atoms with Gasteiger partial charge >= 0.3 is 0 Å². The van der Waals surface area contributed by atoms with E-state index in [1.807, 2.05) is 61.5 Å². The first-order valence-electron chi connectivity index (χ1n) is 12.1. The molecular formula is C29H33FN2O4. The first-order chi connectivity index (χ1) is 17.5. The highest BCUT2D eigenvalue weighted by molar-refractivity contribution is 5.88. The molecule has 0 aliphatic carbocycles. The van der Waals surface area contributed by atoms with Gasteiger partial charge in [-0.05, 0) is 60.9 Å². The van der Waals surface area contributed by atoms with Crippen LogP contribution in [0.4, 0.5) is 4.39 Å². The van der Waals surface area contributed by atoms with Crippen molar-refractivity contribution in [1.29, 1.82) is 0 Å². The second-order valence-electron chi connectivity index (χ2n) is 8.38. The van der Waals surface area contributed by atoms with E-state index < -0.39 is 6.04 Å². The van der Waals surface area contributed by atoms with E-state index >= 15 is 0 Å². The number of amides is 2. The maximum atomic E-state index is 13.5. The lowest BCUT2D eigenvalue weighted by Crippen LogP contribution is -2.50. The van der Waals surface area contributed by atoms with Crippen LogP contribution >= 0.6 is 0 Å². The molecule has 3 aromatic rings. The molecule has 190 valence electrons. The standard InChI is InChI=1S/C29H33FN2O4/c1-3-31-29(34)27(20-22-8-5-4-6-9-22)32(21-23-11-13-24(30)14-12-23)28(33)10-7-19-36-26-17-15-25(35-2)16-18-26/h4-6,8-9,11-18,27H,3,7,10,19-21H2,1-2H3,(H,31,34)/t27-/m0/s1. The van der Waals surface area contributed by atoms with E-state index in [0.717, 1.165) is 16.9 Å². The van der Waals surface area contributed by atoms with Crippen LogP contribution in [0, 0.1) is 5.82 Å². The molecule has 3 aromatic carbocycles. The largest absolute Gasteiger partial charge is 0.497 e. The van der Waals surface area contributed by atoms with Gasteiger partial charge in [-0.15, -0.1) is 0 Å². The molecule has 36 heavy (non-hydrogen) atoms. The number of nitrogens with one attached hydrogen (secondary N) is 1. The monoisotopic (exact) mass is 492 g/mol. The number of halogens is 1. The van der Waals surface area contributed by atoms with Crippen LogP contribution in [0.1, 0.15) is 30.9 Å². The number of carbonyl (C=O) groups is 2. The number of nitrogens with zero attached hydrogens (tertiary/aromatic N) is 1. The minimum Gasteiger partial charge on any atom is -0.497 e. The van der Waals surface area contributed by atoms with Crippen LogP contribution in [-0.4, -0.2) is 43.0 Å². The molecule has 7 heteroatoms. The summed E-state index contributed by atoms with van der Waals surface area (Å²) >= 11 is 0. The summed E-state index contributed by atoms with van der Waals surface area (Å²) in [5.41, 5.74) is 1.70. The van der Waals surface area contributed by atoms with Crippen molar-refractivity contribution >= 4 is 11.8 Å². The fraction of sp³-hybridized carbons (Fsp3) is 0.310. The van der Waals surface area contributed by atoms with Gasteiger partial charge in [0, 0.05) is 25.9 Å². The lowest BCUT2D eigenvalue weighted by atomic mass is 10.0. The fourth-order valence-electron chi connectivity index (χ4n) is 3.86. The van der Waals surface area contributed by atoms with E-state index in [1.54, 1.807) is 24.1 Å². The Hall–Kier alpha value is -3.87. The molecule has 1 N–H and O–H groups in total. The molecule has 0 spiro atoms. The lowest BCUT2D eigenvalue weighted by Gasteiger charge is -2.31. The van der Waals surface area contributed by atoms with Gasteiger partial charge in [-0.25, -0.2) is 4.39 Å². The third kappa shape index (κ3) is 8.12. The molecule has 3 rings (SSSR count). The Labute approximate surface area is 212 Å². The van der Waals surface area contributed by atoms with Gasteiger partial charge in [-0.2, -0.15) is 0 Å². The zero-order chi connectivity index (χ0) is 25.8. The van der Waals surface area contributed by atoms with E-state index in [1.165, 1.54) is 12.1 Å². The number of carbonyl (C=O) groups excluding carboxylic acids is 2. The summed E-state index contributed by atoms with van der Waals surface area (Å²) in [5, 5.41) is 2.87. The normalized spacial score (nSPS) is 11.4. The van der Waals surface area contributed by atoms with Crippen molar-refractivity contribution in [3.63, 3.8) is 0 Å². The lowest BCUT2D eigenvalue weighted by molar-refractivity contribution is -0.141. The molecule has 0 bridgehead atoms. The molecule has 1 atom stereocenters. The van der Waals surface area contributed by atoms with Gasteiger partial charge in [0.15, 0.2) is 0 Å². The van der Waals surface area contributed by atoms with Crippen molar-refractivity contribution in [3.8, 4) is 11.5 Å².